The number of fused-ring (bicyclic) bond motifs is 1. The molecule has 0 radical (unpaired) electrons. The van der Waals surface area contributed by atoms with E-state index in [1.54, 1.807) is 29.9 Å². The minimum atomic E-state index is -0.427. The highest BCUT2D eigenvalue weighted by Crippen LogP contribution is 2.33. The van der Waals surface area contributed by atoms with E-state index in [4.69, 9.17) is 0 Å². The molecule has 4 heterocycles. The number of pyridine rings is 1. The maximum atomic E-state index is 12.7. The average molecular weight is 356 g/mol. The minimum absolute atomic E-state index is 0.0101. The lowest BCUT2D eigenvalue weighted by Crippen LogP contribution is -2.39. The largest absolute Gasteiger partial charge is 0.387 e. The number of aliphatic hydroxyl groups excluding tert-OH is 1. The van der Waals surface area contributed by atoms with Crippen molar-refractivity contribution in [3.05, 3.63) is 46.5 Å². The van der Waals surface area contributed by atoms with Crippen molar-refractivity contribution in [1.82, 2.24) is 19.4 Å². The smallest absolute Gasteiger partial charge is 0.255 e. The first-order valence-electron chi connectivity index (χ1n) is 8.41. The number of nitrogens with zero attached hydrogens (tertiary/aromatic N) is 4. The van der Waals surface area contributed by atoms with E-state index >= 15 is 0 Å². The number of hydrogen-bond donors (Lipinski definition) is 1. The van der Waals surface area contributed by atoms with E-state index in [9.17, 15) is 9.90 Å². The lowest BCUT2D eigenvalue weighted by Gasteiger charge is -2.34. The van der Waals surface area contributed by atoms with E-state index in [0.717, 1.165) is 28.9 Å². The van der Waals surface area contributed by atoms with Gasteiger partial charge >= 0.3 is 0 Å². The highest BCUT2D eigenvalue weighted by atomic mass is 32.1. The lowest BCUT2D eigenvalue weighted by molar-refractivity contribution is 0.0474. The fraction of sp³-hybridized carbons (Fsp3) is 0.389. The zero-order chi connectivity index (χ0) is 17.4. The number of carbonyl (C=O) groups is 1. The molecule has 1 N–H and O–H groups in total. The molecule has 0 spiro atoms. The van der Waals surface area contributed by atoms with Crippen molar-refractivity contribution in [3.8, 4) is 0 Å². The highest BCUT2D eigenvalue weighted by molar-refractivity contribution is 7.10. The van der Waals surface area contributed by atoms with Gasteiger partial charge < -0.3 is 14.6 Å². The first-order valence-corrected chi connectivity index (χ1v) is 9.29. The van der Waals surface area contributed by atoms with Gasteiger partial charge in [0.1, 0.15) is 5.52 Å². The Labute approximate surface area is 149 Å². The molecule has 1 atom stereocenters. The predicted octanol–water partition coefficient (Wildman–Crippen LogP) is 2.62. The summed E-state index contributed by atoms with van der Waals surface area (Å²) in [6.45, 7) is 1.32. The van der Waals surface area contributed by atoms with Crippen molar-refractivity contribution in [2.75, 3.05) is 13.1 Å². The molecule has 1 aliphatic heterocycles. The second-order valence-corrected chi connectivity index (χ2v) is 7.49. The Hall–Kier alpha value is -2.25. The Kier molecular flexibility index (Phi) is 4.27. The molecule has 0 bridgehead atoms. The molecular weight excluding hydrogens is 336 g/mol. The normalized spacial score (nSPS) is 17.1. The van der Waals surface area contributed by atoms with Crippen molar-refractivity contribution in [3.63, 3.8) is 0 Å². The molecule has 25 heavy (non-hydrogen) atoms. The SMILES string of the molecule is Cn1cnc2cc(C(=O)N3CCC(C(O)c4cccs4)CC3)cnc21. The van der Waals surface area contributed by atoms with Crippen LogP contribution < -0.4 is 0 Å². The second-order valence-electron chi connectivity index (χ2n) is 6.51. The molecule has 1 unspecified atom stereocenters. The van der Waals surface area contributed by atoms with Crippen LogP contribution in [0.4, 0.5) is 0 Å². The number of likely N-dealkylation sites (tertiary alicyclic amines) is 1. The minimum Gasteiger partial charge on any atom is -0.387 e. The summed E-state index contributed by atoms with van der Waals surface area (Å²) in [5.41, 5.74) is 2.08. The standard InChI is InChI=1S/C18H20N4O2S/c1-21-11-20-14-9-13(10-19-17(14)21)18(24)22-6-4-12(5-7-22)16(23)15-3-2-8-25-15/h2-3,8-12,16,23H,4-7H2,1H3. The molecule has 0 aromatic carbocycles. The number of piperidine rings is 1. The maximum Gasteiger partial charge on any atom is 0.255 e. The highest BCUT2D eigenvalue weighted by Gasteiger charge is 2.29. The van der Waals surface area contributed by atoms with Crippen LogP contribution in [-0.2, 0) is 7.05 Å². The van der Waals surface area contributed by atoms with Crippen molar-refractivity contribution in [1.29, 1.82) is 0 Å². The number of aliphatic hydroxyl groups is 1. The van der Waals surface area contributed by atoms with Gasteiger partial charge in [0, 0.05) is 31.2 Å². The number of carbonyl (C=O) groups excluding carboxylic acids is 1. The second kappa shape index (κ2) is 6.57. The van der Waals surface area contributed by atoms with Gasteiger partial charge in [-0.3, -0.25) is 4.79 Å². The van der Waals surface area contributed by atoms with Crippen LogP contribution in [0.3, 0.4) is 0 Å². The quantitative estimate of drug-likeness (QED) is 0.783. The van der Waals surface area contributed by atoms with Crippen molar-refractivity contribution >= 4 is 28.4 Å². The summed E-state index contributed by atoms with van der Waals surface area (Å²) in [4.78, 5) is 24.2. The van der Waals surface area contributed by atoms with Gasteiger partial charge in [0.15, 0.2) is 5.65 Å². The average Bonchev–Trinajstić information content (AvgIpc) is 3.31. The number of amides is 1. The van der Waals surface area contributed by atoms with Crippen LogP contribution in [0, 0.1) is 5.92 Å². The monoisotopic (exact) mass is 356 g/mol. The summed E-state index contributed by atoms with van der Waals surface area (Å²) in [6, 6.07) is 5.74. The number of imidazole rings is 1. The molecule has 7 heteroatoms. The molecule has 3 aromatic heterocycles. The Morgan fingerprint density at radius 2 is 2.16 bits per heavy atom. The number of aromatic nitrogens is 3. The maximum absolute atomic E-state index is 12.7. The number of hydrogen-bond acceptors (Lipinski definition) is 5. The van der Waals surface area contributed by atoms with Gasteiger partial charge in [0.25, 0.3) is 5.91 Å². The van der Waals surface area contributed by atoms with Gasteiger partial charge in [-0.15, -0.1) is 11.3 Å². The molecular formula is C18H20N4O2S. The van der Waals surface area contributed by atoms with Crippen molar-refractivity contribution < 1.29 is 9.90 Å². The van der Waals surface area contributed by atoms with Gasteiger partial charge in [0.2, 0.25) is 0 Å². The zero-order valence-electron chi connectivity index (χ0n) is 14.0. The summed E-state index contributed by atoms with van der Waals surface area (Å²) >= 11 is 1.58. The van der Waals surface area contributed by atoms with Gasteiger partial charge in [-0.25, -0.2) is 9.97 Å². The topological polar surface area (TPSA) is 71.2 Å². The van der Waals surface area contributed by atoms with Crippen molar-refractivity contribution in [2.24, 2.45) is 13.0 Å². The fourth-order valence-corrected chi connectivity index (χ4v) is 4.23. The molecule has 0 aliphatic carbocycles. The number of thiophene rings is 1. The molecule has 1 amide bonds. The molecule has 1 aliphatic rings. The van der Waals surface area contributed by atoms with E-state index in [-0.39, 0.29) is 11.8 Å². The molecule has 1 saturated heterocycles. The Bertz CT molecular complexity index is 882. The third-order valence-corrected chi connectivity index (χ3v) is 5.85. The fourth-order valence-electron chi connectivity index (χ4n) is 3.43. The zero-order valence-corrected chi connectivity index (χ0v) is 14.8. The molecule has 1 fully saturated rings. The number of aryl methyl sites for hydroxylation is 1. The molecule has 0 saturated carbocycles. The third-order valence-electron chi connectivity index (χ3n) is 4.91. The van der Waals surface area contributed by atoms with E-state index in [1.807, 2.05) is 34.0 Å². The van der Waals surface area contributed by atoms with E-state index in [0.29, 0.717) is 18.7 Å². The van der Waals surface area contributed by atoms with Crippen LogP contribution >= 0.6 is 11.3 Å². The summed E-state index contributed by atoms with van der Waals surface area (Å²) in [7, 11) is 1.88. The van der Waals surface area contributed by atoms with Crippen molar-refractivity contribution in [2.45, 2.75) is 18.9 Å². The van der Waals surface area contributed by atoms with Crippen LogP contribution in [0.25, 0.3) is 11.2 Å². The van der Waals surface area contributed by atoms with Crippen LogP contribution in [0.15, 0.2) is 36.1 Å². The Morgan fingerprint density at radius 1 is 1.36 bits per heavy atom. The first kappa shape index (κ1) is 16.2. The lowest BCUT2D eigenvalue weighted by atomic mass is 9.90. The summed E-state index contributed by atoms with van der Waals surface area (Å²) in [6.07, 6.45) is 4.51. The van der Waals surface area contributed by atoms with Crippen LogP contribution in [-0.4, -0.2) is 43.5 Å². The van der Waals surface area contributed by atoms with E-state index < -0.39 is 6.10 Å². The Balaban J connectivity index is 1.43. The van der Waals surface area contributed by atoms with Gasteiger partial charge in [-0.1, -0.05) is 6.07 Å². The van der Waals surface area contributed by atoms with Gasteiger partial charge in [-0.05, 0) is 36.3 Å². The predicted molar refractivity (Wildman–Crippen MR) is 96.4 cm³/mol. The van der Waals surface area contributed by atoms with Gasteiger partial charge in [0.05, 0.1) is 18.0 Å². The summed E-state index contributed by atoms with van der Waals surface area (Å²) in [5.74, 6) is 0.197. The molecule has 6 nitrogen and oxygen atoms in total. The summed E-state index contributed by atoms with van der Waals surface area (Å²) in [5, 5.41) is 12.5. The van der Waals surface area contributed by atoms with E-state index in [1.165, 1.54) is 0 Å². The molecule has 3 aromatic rings. The van der Waals surface area contributed by atoms with Gasteiger partial charge in [-0.2, -0.15) is 0 Å². The van der Waals surface area contributed by atoms with Crippen LogP contribution in [0.5, 0.6) is 0 Å². The van der Waals surface area contributed by atoms with Crippen LogP contribution in [0.2, 0.25) is 0 Å². The van der Waals surface area contributed by atoms with Crippen LogP contribution in [0.1, 0.15) is 34.2 Å². The number of rotatable bonds is 3. The molecule has 4 rings (SSSR count). The van der Waals surface area contributed by atoms with E-state index in [2.05, 4.69) is 9.97 Å². The molecule has 130 valence electrons. The Morgan fingerprint density at radius 3 is 2.88 bits per heavy atom. The summed E-state index contributed by atoms with van der Waals surface area (Å²) < 4.78 is 1.83. The first-order chi connectivity index (χ1) is 12.1. The third kappa shape index (κ3) is 3.05.